The van der Waals surface area contributed by atoms with E-state index in [1.54, 1.807) is 0 Å². The summed E-state index contributed by atoms with van der Waals surface area (Å²) in [6.45, 7) is 0. The van der Waals surface area contributed by atoms with Gasteiger partial charge >= 0.3 is 0 Å². The molecule has 4 aromatic rings. The Labute approximate surface area is 195 Å². The molecule has 0 atom stereocenters. The molecule has 1 aliphatic rings. The number of hydrogen-bond donors (Lipinski definition) is 0. The summed E-state index contributed by atoms with van der Waals surface area (Å²) in [4.78, 5) is 27.7. The number of fused-ring (bicyclic) bond motifs is 1. The Kier molecular flexibility index (Phi) is 5.52. The van der Waals surface area contributed by atoms with Gasteiger partial charge in [-0.3, -0.25) is 4.79 Å². The summed E-state index contributed by atoms with van der Waals surface area (Å²) >= 11 is 6.24. The first kappa shape index (κ1) is 20.2. The average molecular weight is 508 g/mol. The predicted molar refractivity (Wildman–Crippen MR) is 127 cm³/mol. The van der Waals surface area contributed by atoms with E-state index in [2.05, 4.69) is 30.9 Å². The highest BCUT2D eigenvalue weighted by atomic mass is 79.9. The standard InChI is InChI=1S/C23H14BrN3O2S2/c1-30-23-26-18(19-21(29-12-25-19)14-7-9-15(24)10-8-14)17-20(28)16(31-22(17)27-23)11-13-5-3-2-4-6-13/h2-12H,1H3/b16-11+. The number of halogens is 1. The fourth-order valence-electron chi connectivity index (χ4n) is 3.25. The van der Waals surface area contributed by atoms with Crippen LogP contribution in [0.4, 0.5) is 0 Å². The van der Waals surface area contributed by atoms with E-state index in [0.717, 1.165) is 15.6 Å². The van der Waals surface area contributed by atoms with Gasteiger partial charge in [-0.1, -0.05) is 81.9 Å². The van der Waals surface area contributed by atoms with Crippen molar-refractivity contribution in [2.24, 2.45) is 0 Å². The van der Waals surface area contributed by atoms with Crippen molar-refractivity contribution in [2.75, 3.05) is 6.26 Å². The van der Waals surface area contributed by atoms with Gasteiger partial charge in [0.2, 0.25) is 5.78 Å². The average Bonchev–Trinajstić information content (AvgIpc) is 3.40. The highest BCUT2D eigenvalue weighted by Gasteiger charge is 2.34. The van der Waals surface area contributed by atoms with Gasteiger partial charge in [0.1, 0.15) is 16.4 Å². The largest absolute Gasteiger partial charge is 0.443 e. The lowest BCUT2D eigenvalue weighted by Gasteiger charge is -2.07. The smallest absolute Gasteiger partial charge is 0.204 e. The number of carbonyl (C=O) groups is 1. The van der Waals surface area contributed by atoms with Gasteiger partial charge in [-0.05, 0) is 30.0 Å². The molecule has 31 heavy (non-hydrogen) atoms. The summed E-state index contributed by atoms with van der Waals surface area (Å²) in [5.74, 6) is 0.468. The van der Waals surface area contributed by atoms with E-state index in [-0.39, 0.29) is 5.78 Å². The Hall–Kier alpha value is -2.68. The molecule has 3 heterocycles. The molecule has 5 nitrogen and oxygen atoms in total. The molecular formula is C23H14BrN3O2S2. The Bertz CT molecular complexity index is 1320. The molecular weight excluding hydrogens is 494 g/mol. The van der Waals surface area contributed by atoms with Gasteiger partial charge in [-0.2, -0.15) is 0 Å². The lowest BCUT2D eigenvalue weighted by Crippen LogP contribution is -2.04. The number of thioether (sulfide) groups is 2. The Morgan fingerprint density at radius 3 is 2.55 bits per heavy atom. The van der Waals surface area contributed by atoms with Crippen molar-refractivity contribution < 1.29 is 9.21 Å². The third-order valence-corrected chi connectivity index (χ3v) is 6.78. The lowest BCUT2D eigenvalue weighted by atomic mass is 10.0. The molecule has 2 aromatic carbocycles. The monoisotopic (exact) mass is 507 g/mol. The van der Waals surface area contributed by atoms with Gasteiger partial charge in [-0.15, -0.1) is 0 Å². The maximum absolute atomic E-state index is 13.4. The maximum Gasteiger partial charge on any atom is 0.204 e. The van der Waals surface area contributed by atoms with Crippen LogP contribution < -0.4 is 0 Å². The molecule has 0 fully saturated rings. The zero-order valence-corrected chi connectivity index (χ0v) is 19.4. The molecule has 0 aliphatic carbocycles. The number of ketones is 1. The molecule has 1 aliphatic heterocycles. The summed E-state index contributed by atoms with van der Waals surface area (Å²) in [6.07, 6.45) is 5.18. The normalized spacial score (nSPS) is 14.3. The SMILES string of the molecule is CSc1nc2c(c(-c3ncoc3-c3ccc(Br)cc3)n1)C(=O)/C(=C\c1ccccc1)S2. The van der Waals surface area contributed by atoms with Crippen LogP contribution in [0.15, 0.2) is 85.0 Å². The second-order valence-corrected chi connectivity index (χ2v) is 9.35. The highest BCUT2D eigenvalue weighted by Crippen LogP contribution is 2.45. The van der Waals surface area contributed by atoms with Crippen molar-refractivity contribution in [1.29, 1.82) is 0 Å². The third-order valence-electron chi connectivity index (χ3n) is 4.69. The molecule has 0 spiro atoms. The first-order valence-electron chi connectivity index (χ1n) is 9.29. The molecule has 0 saturated heterocycles. The van der Waals surface area contributed by atoms with Crippen LogP contribution in [0.5, 0.6) is 0 Å². The first-order valence-corrected chi connectivity index (χ1v) is 12.1. The molecule has 0 unspecified atom stereocenters. The Balaban J connectivity index is 1.65. The zero-order valence-electron chi connectivity index (χ0n) is 16.2. The summed E-state index contributed by atoms with van der Waals surface area (Å²) in [5.41, 5.74) is 3.31. The van der Waals surface area contributed by atoms with Crippen molar-refractivity contribution in [1.82, 2.24) is 15.0 Å². The molecule has 2 aromatic heterocycles. The van der Waals surface area contributed by atoms with Crippen molar-refractivity contribution in [3.8, 4) is 22.7 Å². The van der Waals surface area contributed by atoms with Gasteiger partial charge < -0.3 is 4.42 Å². The van der Waals surface area contributed by atoms with E-state index in [9.17, 15) is 4.79 Å². The molecule has 0 bridgehead atoms. The van der Waals surface area contributed by atoms with E-state index in [0.29, 0.717) is 37.8 Å². The van der Waals surface area contributed by atoms with Gasteiger partial charge in [0.15, 0.2) is 17.3 Å². The van der Waals surface area contributed by atoms with Crippen LogP contribution >= 0.6 is 39.5 Å². The van der Waals surface area contributed by atoms with Crippen molar-refractivity contribution >= 4 is 51.3 Å². The van der Waals surface area contributed by atoms with E-state index in [1.165, 1.54) is 29.9 Å². The lowest BCUT2D eigenvalue weighted by molar-refractivity contribution is 0.104. The van der Waals surface area contributed by atoms with Gasteiger partial charge in [0.25, 0.3) is 0 Å². The summed E-state index contributed by atoms with van der Waals surface area (Å²) in [7, 11) is 0. The molecule has 0 saturated carbocycles. The fourth-order valence-corrected chi connectivity index (χ4v) is 4.96. The molecule has 8 heteroatoms. The van der Waals surface area contributed by atoms with Crippen LogP contribution in [0.25, 0.3) is 28.8 Å². The van der Waals surface area contributed by atoms with E-state index in [1.807, 2.05) is 66.9 Å². The third kappa shape index (κ3) is 3.86. The molecule has 0 amide bonds. The second kappa shape index (κ2) is 8.45. The van der Waals surface area contributed by atoms with Crippen LogP contribution in [-0.2, 0) is 0 Å². The molecule has 0 N–H and O–H groups in total. The van der Waals surface area contributed by atoms with E-state index < -0.39 is 0 Å². The minimum atomic E-state index is -0.101. The summed E-state index contributed by atoms with van der Waals surface area (Å²) in [5, 5.41) is 1.23. The van der Waals surface area contributed by atoms with Gasteiger partial charge in [0, 0.05) is 10.0 Å². The topological polar surface area (TPSA) is 68.9 Å². The molecule has 5 rings (SSSR count). The fraction of sp³-hybridized carbons (Fsp3) is 0.0435. The van der Waals surface area contributed by atoms with Crippen molar-refractivity contribution in [2.45, 2.75) is 10.2 Å². The van der Waals surface area contributed by atoms with Crippen molar-refractivity contribution in [3.05, 3.63) is 81.5 Å². The molecule has 0 radical (unpaired) electrons. The number of rotatable bonds is 4. The Morgan fingerprint density at radius 1 is 1.03 bits per heavy atom. The summed E-state index contributed by atoms with van der Waals surface area (Å²) < 4.78 is 6.67. The van der Waals surface area contributed by atoms with Gasteiger partial charge in [0.05, 0.1) is 10.5 Å². The van der Waals surface area contributed by atoms with Crippen LogP contribution in [0.3, 0.4) is 0 Å². The Morgan fingerprint density at radius 2 is 1.81 bits per heavy atom. The van der Waals surface area contributed by atoms with Crippen LogP contribution in [0.1, 0.15) is 15.9 Å². The number of Topliss-reactive ketones (excluding diaryl/α,β-unsaturated/α-hetero) is 1. The van der Waals surface area contributed by atoms with E-state index in [4.69, 9.17) is 4.42 Å². The zero-order chi connectivity index (χ0) is 21.4. The first-order chi connectivity index (χ1) is 15.1. The minimum absolute atomic E-state index is 0.101. The predicted octanol–water partition coefficient (Wildman–Crippen LogP) is 6.61. The quantitative estimate of drug-likeness (QED) is 0.133. The van der Waals surface area contributed by atoms with Crippen molar-refractivity contribution in [3.63, 3.8) is 0 Å². The second-order valence-electron chi connectivity index (χ2n) is 6.63. The van der Waals surface area contributed by atoms with Gasteiger partial charge in [-0.25, -0.2) is 15.0 Å². The van der Waals surface area contributed by atoms with Crippen LogP contribution in [0.2, 0.25) is 0 Å². The van der Waals surface area contributed by atoms with E-state index >= 15 is 0 Å². The number of oxazole rings is 1. The summed E-state index contributed by atoms with van der Waals surface area (Å²) in [6, 6.07) is 17.5. The number of allylic oxidation sites excluding steroid dienone is 1. The minimum Gasteiger partial charge on any atom is -0.443 e. The number of benzene rings is 2. The highest BCUT2D eigenvalue weighted by molar-refractivity contribution is 9.10. The number of hydrogen-bond acceptors (Lipinski definition) is 7. The number of aromatic nitrogens is 3. The number of carbonyl (C=O) groups excluding carboxylic acids is 1. The number of nitrogens with zero attached hydrogens (tertiary/aromatic N) is 3. The van der Waals surface area contributed by atoms with Crippen LogP contribution in [0, 0.1) is 0 Å². The molecule has 152 valence electrons. The van der Waals surface area contributed by atoms with Crippen LogP contribution in [-0.4, -0.2) is 27.0 Å². The maximum atomic E-state index is 13.4.